The van der Waals surface area contributed by atoms with Gasteiger partial charge in [0.1, 0.15) is 0 Å². The number of halogens is 3. The summed E-state index contributed by atoms with van der Waals surface area (Å²) in [7, 11) is -0.798. The molecule has 0 heterocycles. The standard InChI is InChI=1S/C38H52Si.3ClH.Ti/c1-3-4-5-6-7-10-14-22-32(2)23-15-11-8-9-12-20-30-39(34-25-16-13-17-26-34)38-29-21-28-36-35-27-19-18-24-33(35)31-37(36)38;;;;/h13,16-19,21,24-29,31-32H,3-12,14-15,20,22-23,30H2,1-2H3;3*1H;/q-1;;;;+4/p-3. The van der Waals surface area contributed by atoms with Crippen molar-refractivity contribution in [2.45, 2.75) is 116 Å². The third-order valence-electron chi connectivity index (χ3n) is 8.78. The summed E-state index contributed by atoms with van der Waals surface area (Å²) in [6.45, 7) is 4.79. The van der Waals surface area contributed by atoms with Crippen LogP contribution >= 0.6 is 0 Å². The maximum Gasteiger partial charge on any atom is 4.00 e. The van der Waals surface area contributed by atoms with Gasteiger partial charge in [-0.05, 0) is 5.92 Å². The van der Waals surface area contributed by atoms with E-state index in [-0.39, 0.29) is 58.9 Å². The molecule has 0 aliphatic carbocycles. The van der Waals surface area contributed by atoms with Crippen LogP contribution < -0.4 is 47.6 Å². The predicted molar refractivity (Wildman–Crippen MR) is 177 cm³/mol. The quantitative estimate of drug-likeness (QED) is 0.0802. The zero-order valence-electron chi connectivity index (χ0n) is 26.5. The summed E-state index contributed by atoms with van der Waals surface area (Å²) in [5, 5.41) is 8.88. The van der Waals surface area contributed by atoms with Gasteiger partial charge in [-0.15, -0.1) is 38.9 Å². The molecule has 0 aliphatic heterocycles. The topological polar surface area (TPSA) is 0 Å². The Morgan fingerprint density at radius 2 is 1.12 bits per heavy atom. The first-order valence-corrected chi connectivity index (χ1v) is 18.0. The van der Waals surface area contributed by atoms with Crippen molar-refractivity contribution in [3.05, 3.63) is 78.9 Å². The normalized spacial score (nSPS) is 11.4. The van der Waals surface area contributed by atoms with Gasteiger partial charge in [-0.3, -0.25) is 0 Å². The van der Waals surface area contributed by atoms with E-state index >= 15 is 0 Å². The van der Waals surface area contributed by atoms with Crippen molar-refractivity contribution in [3.8, 4) is 0 Å². The molecule has 0 amide bonds. The minimum Gasteiger partial charge on any atom is -1.00 e. The molecule has 1 radical (unpaired) electrons. The molecule has 0 bridgehead atoms. The largest absolute Gasteiger partial charge is 4.00 e. The number of hydrogen-bond acceptors (Lipinski definition) is 0. The first-order valence-electron chi connectivity index (χ1n) is 16.3. The van der Waals surface area contributed by atoms with Crippen molar-refractivity contribution >= 4 is 40.7 Å². The molecule has 1 atom stereocenters. The molecule has 5 heteroatoms. The second-order valence-corrected chi connectivity index (χ2v) is 14.6. The smallest absolute Gasteiger partial charge is 1.00 e. The summed E-state index contributed by atoms with van der Waals surface area (Å²) in [6, 6.07) is 31.1. The molecule has 0 fully saturated rings. The van der Waals surface area contributed by atoms with E-state index in [1.54, 1.807) is 10.4 Å². The molecule has 233 valence electrons. The molecule has 1 unspecified atom stereocenters. The van der Waals surface area contributed by atoms with E-state index in [0.29, 0.717) is 0 Å². The predicted octanol–water partition coefficient (Wildman–Crippen LogP) is 1.84. The Morgan fingerprint density at radius 3 is 1.77 bits per heavy atom. The number of unbranched alkanes of at least 4 members (excludes halogenated alkanes) is 11. The van der Waals surface area contributed by atoms with Crippen LogP contribution in [0.2, 0.25) is 6.04 Å². The minimum atomic E-state index is -0.798. The molecule has 43 heavy (non-hydrogen) atoms. The van der Waals surface area contributed by atoms with E-state index < -0.39 is 8.80 Å². The van der Waals surface area contributed by atoms with Gasteiger partial charge in [-0.1, -0.05) is 188 Å². The van der Waals surface area contributed by atoms with Gasteiger partial charge in [0, 0.05) is 0 Å². The zero-order valence-corrected chi connectivity index (χ0v) is 31.4. The van der Waals surface area contributed by atoms with Gasteiger partial charge in [0.2, 0.25) is 0 Å². The Morgan fingerprint density at radius 1 is 0.581 bits per heavy atom. The Kier molecular flexibility index (Phi) is 24.2. The maximum absolute atomic E-state index is 2.49. The molecule has 0 saturated carbocycles. The molecule has 0 N–H and O–H groups in total. The van der Waals surface area contributed by atoms with Crippen molar-refractivity contribution in [1.82, 2.24) is 0 Å². The molecular weight excluding hydrogens is 639 g/mol. The number of rotatable bonds is 19. The van der Waals surface area contributed by atoms with Gasteiger partial charge >= 0.3 is 21.7 Å². The van der Waals surface area contributed by atoms with E-state index in [0.717, 1.165) is 5.92 Å². The Hall–Kier alpha value is -0.669. The average Bonchev–Trinajstić information content (AvgIpc) is 3.36. The molecule has 0 saturated heterocycles. The van der Waals surface area contributed by atoms with Crippen LogP contribution in [0.15, 0.2) is 78.9 Å². The Labute approximate surface area is 298 Å². The monoisotopic (exact) mass is 689 g/mol. The first-order chi connectivity index (χ1) is 19.3. The third kappa shape index (κ3) is 13.7. The summed E-state index contributed by atoms with van der Waals surface area (Å²) >= 11 is 0. The fourth-order valence-electron chi connectivity index (χ4n) is 6.41. The van der Waals surface area contributed by atoms with E-state index in [1.165, 1.54) is 124 Å². The number of hydrogen-bond donors (Lipinski definition) is 0. The fourth-order valence-corrected chi connectivity index (χ4v) is 9.31. The van der Waals surface area contributed by atoms with Gasteiger partial charge in [0.25, 0.3) is 0 Å². The molecule has 0 aromatic heterocycles. The van der Waals surface area contributed by atoms with Crippen LogP contribution in [0.5, 0.6) is 0 Å². The van der Waals surface area contributed by atoms with Crippen LogP contribution in [0, 0.1) is 5.92 Å². The van der Waals surface area contributed by atoms with Crippen LogP contribution in [0.25, 0.3) is 21.5 Å². The Balaban J connectivity index is 0.00000441. The van der Waals surface area contributed by atoms with E-state index in [2.05, 4.69) is 92.7 Å². The minimum absolute atomic E-state index is 0. The van der Waals surface area contributed by atoms with Gasteiger partial charge in [0.15, 0.2) is 0 Å². The molecule has 0 spiro atoms. The van der Waals surface area contributed by atoms with E-state index in [9.17, 15) is 0 Å². The van der Waals surface area contributed by atoms with Crippen molar-refractivity contribution in [2.24, 2.45) is 5.92 Å². The van der Waals surface area contributed by atoms with Crippen LogP contribution in [-0.4, -0.2) is 8.80 Å². The molecule has 0 aliphatic rings. The van der Waals surface area contributed by atoms with Gasteiger partial charge in [-0.2, -0.15) is 0 Å². The molecule has 4 aromatic rings. The summed E-state index contributed by atoms with van der Waals surface area (Å²) in [4.78, 5) is 0. The van der Waals surface area contributed by atoms with E-state index in [4.69, 9.17) is 0 Å². The summed E-state index contributed by atoms with van der Waals surface area (Å²) in [5.74, 6) is 0.923. The number of fused-ring (bicyclic) bond motifs is 3. The van der Waals surface area contributed by atoms with Gasteiger partial charge in [-0.25, -0.2) is 0 Å². The van der Waals surface area contributed by atoms with Gasteiger partial charge < -0.3 is 37.2 Å². The second-order valence-electron chi connectivity index (χ2n) is 12.0. The van der Waals surface area contributed by atoms with Crippen LogP contribution in [0.4, 0.5) is 0 Å². The average molecular weight is 691 g/mol. The fraction of sp³-hybridized carbons (Fsp3) is 0.500. The maximum atomic E-state index is 2.49. The van der Waals surface area contributed by atoms with E-state index in [1.807, 2.05) is 0 Å². The molecular formula is C38H52Cl3SiTi. The van der Waals surface area contributed by atoms with Crippen molar-refractivity contribution < 1.29 is 58.9 Å². The molecule has 4 rings (SSSR count). The molecule has 4 aromatic carbocycles. The van der Waals surface area contributed by atoms with Crippen molar-refractivity contribution in [2.75, 3.05) is 0 Å². The Bertz CT molecular complexity index is 1230. The third-order valence-corrected chi connectivity index (χ3v) is 11.7. The van der Waals surface area contributed by atoms with Crippen LogP contribution in [0.3, 0.4) is 0 Å². The summed E-state index contributed by atoms with van der Waals surface area (Å²) in [6.07, 6.45) is 21.4. The van der Waals surface area contributed by atoms with Crippen molar-refractivity contribution in [1.29, 1.82) is 0 Å². The molecule has 0 nitrogen and oxygen atoms in total. The van der Waals surface area contributed by atoms with Gasteiger partial charge in [0.05, 0.1) is 8.80 Å². The first kappa shape index (κ1) is 42.3. The second kappa shape index (κ2) is 24.5. The summed E-state index contributed by atoms with van der Waals surface area (Å²) < 4.78 is 0. The summed E-state index contributed by atoms with van der Waals surface area (Å²) in [5.41, 5.74) is 0. The number of benzene rings is 3. The van der Waals surface area contributed by atoms with Crippen LogP contribution in [-0.2, 0) is 21.7 Å². The van der Waals surface area contributed by atoms with Crippen LogP contribution in [0.1, 0.15) is 110 Å². The zero-order chi connectivity index (χ0) is 27.1. The SMILES string of the molecule is CCCCCCCCCC(C)CCCCCCCC[Si](c1ccccc1)c1cccc2c1[cH-]c1ccccc12.[Cl-].[Cl-].[Cl-].[Ti+4]. The van der Waals surface area contributed by atoms with Crippen molar-refractivity contribution in [3.63, 3.8) is 0 Å².